The van der Waals surface area contributed by atoms with Gasteiger partial charge in [0.2, 0.25) is 0 Å². The molecule has 2 N–H and O–H groups in total. The zero-order valence-electron chi connectivity index (χ0n) is 13.3. The van der Waals surface area contributed by atoms with E-state index in [1.54, 1.807) is 0 Å². The average Bonchev–Trinajstić information content (AvgIpc) is 2.43. The Bertz CT molecular complexity index is 278. The molecule has 3 aliphatic heterocycles. The molecule has 0 amide bonds. The molecular formula is C16H32N2O2. The van der Waals surface area contributed by atoms with E-state index in [4.69, 9.17) is 4.74 Å². The van der Waals surface area contributed by atoms with Gasteiger partial charge in [-0.25, -0.2) is 0 Å². The minimum atomic E-state index is -0.389. The summed E-state index contributed by atoms with van der Waals surface area (Å²) in [5.74, 6) is 1.46. The van der Waals surface area contributed by atoms with Crippen molar-refractivity contribution in [1.82, 2.24) is 10.2 Å². The summed E-state index contributed by atoms with van der Waals surface area (Å²) in [4.78, 5) is 2.53. The Hall–Kier alpha value is -0.160. The first kappa shape index (κ1) is 16.2. The first-order valence-electron chi connectivity index (χ1n) is 8.30. The number of hydrogen-bond acceptors (Lipinski definition) is 4. The SMILES string of the molecule is CC(C)CC(C)OCC(O)CNC1CN2CCC1CC2. The topological polar surface area (TPSA) is 44.7 Å². The van der Waals surface area contributed by atoms with Crippen LogP contribution in [-0.4, -0.2) is 61.0 Å². The van der Waals surface area contributed by atoms with E-state index in [2.05, 4.69) is 31.0 Å². The number of rotatable bonds is 8. The molecule has 118 valence electrons. The lowest BCUT2D eigenvalue weighted by atomic mass is 9.84. The summed E-state index contributed by atoms with van der Waals surface area (Å²) in [6.45, 7) is 11.3. The normalized spacial score (nSPS) is 32.5. The molecule has 3 fully saturated rings. The Morgan fingerprint density at radius 3 is 2.50 bits per heavy atom. The number of hydrogen-bond donors (Lipinski definition) is 2. The Morgan fingerprint density at radius 1 is 1.25 bits per heavy atom. The van der Waals surface area contributed by atoms with Gasteiger partial charge in [-0.15, -0.1) is 0 Å². The van der Waals surface area contributed by atoms with Gasteiger partial charge in [-0.2, -0.15) is 0 Å². The first-order valence-corrected chi connectivity index (χ1v) is 8.30. The van der Waals surface area contributed by atoms with Gasteiger partial charge in [0.25, 0.3) is 0 Å². The number of aliphatic hydroxyl groups excluding tert-OH is 1. The summed E-state index contributed by atoms with van der Waals surface area (Å²) in [7, 11) is 0. The molecule has 20 heavy (non-hydrogen) atoms. The van der Waals surface area contributed by atoms with Crippen LogP contribution in [0, 0.1) is 11.8 Å². The molecule has 0 aromatic carbocycles. The largest absolute Gasteiger partial charge is 0.389 e. The average molecular weight is 284 g/mol. The molecule has 3 atom stereocenters. The molecule has 0 saturated carbocycles. The summed E-state index contributed by atoms with van der Waals surface area (Å²) in [6, 6.07) is 0.570. The minimum Gasteiger partial charge on any atom is -0.389 e. The molecule has 3 saturated heterocycles. The van der Waals surface area contributed by atoms with E-state index in [1.807, 2.05) is 0 Å². The third-order valence-corrected chi connectivity index (χ3v) is 4.65. The molecule has 0 aromatic rings. The summed E-state index contributed by atoms with van der Waals surface area (Å²) in [5, 5.41) is 13.6. The third kappa shape index (κ3) is 4.99. The van der Waals surface area contributed by atoms with Crippen molar-refractivity contribution in [2.75, 3.05) is 32.8 Å². The second-order valence-electron chi connectivity index (χ2n) is 7.08. The standard InChI is InChI=1S/C16H32N2O2/c1-12(2)8-13(3)20-11-15(19)9-17-16-10-18-6-4-14(16)5-7-18/h12-17,19H,4-11H2,1-3H3. The molecule has 3 heterocycles. The highest BCUT2D eigenvalue weighted by Gasteiger charge is 2.33. The van der Waals surface area contributed by atoms with Gasteiger partial charge in [0.05, 0.1) is 18.8 Å². The van der Waals surface area contributed by atoms with Crippen molar-refractivity contribution in [1.29, 1.82) is 0 Å². The number of ether oxygens (including phenoxy) is 1. The van der Waals surface area contributed by atoms with Crippen LogP contribution >= 0.6 is 0 Å². The lowest BCUT2D eigenvalue weighted by Gasteiger charge is -2.45. The van der Waals surface area contributed by atoms with Gasteiger partial charge in [0.1, 0.15) is 0 Å². The minimum absolute atomic E-state index is 0.237. The van der Waals surface area contributed by atoms with Crippen molar-refractivity contribution in [3.05, 3.63) is 0 Å². The Balaban J connectivity index is 1.59. The van der Waals surface area contributed by atoms with E-state index in [9.17, 15) is 5.11 Å². The summed E-state index contributed by atoms with van der Waals surface area (Å²) >= 11 is 0. The van der Waals surface area contributed by atoms with Crippen LogP contribution < -0.4 is 5.32 Å². The van der Waals surface area contributed by atoms with Crippen LogP contribution in [0.2, 0.25) is 0 Å². The highest BCUT2D eigenvalue weighted by Crippen LogP contribution is 2.27. The maximum Gasteiger partial charge on any atom is 0.0897 e. The van der Waals surface area contributed by atoms with Crippen molar-refractivity contribution in [3.8, 4) is 0 Å². The summed E-state index contributed by atoms with van der Waals surface area (Å²) in [6.07, 6.45) is 3.53. The zero-order valence-corrected chi connectivity index (χ0v) is 13.3. The molecule has 3 rings (SSSR count). The van der Waals surface area contributed by atoms with Crippen molar-refractivity contribution >= 4 is 0 Å². The number of nitrogens with one attached hydrogen (secondary N) is 1. The quantitative estimate of drug-likeness (QED) is 0.709. The van der Waals surface area contributed by atoms with Crippen LogP contribution in [0.4, 0.5) is 0 Å². The fourth-order valence-electron chi connectivity index (χ4n) is 3.55. The smallest absolute Gasteiger partial charge is 0.0897 e. The van der Waals surface area contributed by atoms with E-state index in [0.717, 1.165) is 18.9 Å². The molecule has 0 aliphatic carbocycles. The number of fused-ring (bicyclic) bond motifs is 3. The number of piperidine rings is 3. The lowest BCUT2D eigenvalue weighted by Crippen LogP contribution is -2.57. The van der Waals surface area contributed by atoms with Crippen LogP contribution in [0.15, 0.2) is 0 Å². The lowest BCUT2D eigenvalue weighted by molar-refractivity contribution is -0.0131. The van der Waals surface area contributed by atoms with Crippen LogP contribution in [0.5, 0.6) is 0 Å². The van der Waals surface area contributed by atoms with Gasteiger partial charge in [-0.05, 0) is 51.1 Å². The van der Waals surface area contributed by atoms with Gasteiger partial charge in [-0.3, -0.25) is 0 Å². The summed E-state index contributed by atoms with van der Waals surface area (Å²) < 4.78 is 5.72. The molecule has 3 unspecified atom stereocenters. The van der Waals surface area contributed by atoms with E-state index >= 15 is 0 Å². The zero-order chi connectivity index (χ0) is 14.5. The van der Waals surface area contributed by atoms with Gasteiger partial charge in [-0.1, -0.05) is 13.8 Å². The van der Waals surface area contributed by atoms with E-state index in [1.165, 1.54) is 25.9 Å². The predicted molar refractivity (Wildman–Crippen MR) is 81.8 cm³/mol. The van der Waals surface area contributed by atoms with Crippen LogP contribution in [-0.2, 0) is 4.74 Å². The second kappa shape index (κ2) is 7.74. The number of aliphatic hydroxyl groups is 1. The maximum absolute atomic E-state index is 10.0. The van der Waals surface area contributed by atoms with Gasteiger partial charge >= 0.3 is 0 Å². The van der Waals surface area contributed by atoms with Crippen molar-refractivity contribution in [2.45, 2.75) is 58.3 Å². The maximum atomic E-state index is 10.0. The Labute approximate surface area is 123 Å². The van der Waals surface area contributed by atoms with Gasteiger partial charge in [0, 0.05) is 19.1 Å². The van der Waals surface area contributed by atoms with Crippen molar-refractivity contribution < 1.29 is 9.84 Å². The molecule has 4 nitrogen and oxygen atoms in total. The predicted octanol–water partition coefficient (Wildman–Crippen LogP) is 1.48. The van der Waals surface area contributed by atoms with E-state index in [0.29, 0.717) is 25.1 Å². The molecule has 0 aromatic heterocycles. The highest BCUT2D eigenvalue weighted by molar-refractivity contribution is 4.91. The molecule has 2 bridgehead atoms. The fraction of sp³-hybridized carbons (Fsp3) is 1.00. The monoisotopic (exact) mass is 284 g/mol. The van der Waals surface area contributed by atoms with Crippen LogP contribution in [0.25, 0.3) is 0 Å². The third-order valence-electron chi connectivity index (χ3n) is 4.65. The van der Waals surface area contributed by atoms with Gasteiger partial charge in [0.15, 0.2) is 0 Å². The second-order valence-corrected chi connectivity index (χ2v) is 7.08. The van der Waals surface area contributed by atoms with Crippen LogP contribution in [0.1, 0.15) is 40.0 Å². The van der Waals surface area contributed by atoms with E-state index < -0.39 is 0 Å². The molecule has 0 spiro atoms. The van der Waals surface area contributed by atoms with Gasteiger partial charge < -0.3 is 20.1 Å². The highest BCUT2D eigenvalue weighted by atomic mass is 16.5. The molecule has 3 aliphatic rings. The molecular weight excluding hydrogens is 252 g/mol. The Morgan fingerprint density at radius 2 is 1.95 bits per heavy atom. The summed E-state index contributed by atoms with van der Waals surface area (Å²) in [5.41, 5.74) is 0. The first-order chi connectivity index (χ1) is 9.54. The fourth-order valence-corrected chi connectivity index (χ4v) is 3.55. The number of nitrogens with zero attached hydrogens (tertiary/aromatic N) is 1. The van der Waals surface area contributed by atoms with Crippen molar-refractivity contribution in [3.63, 3.8) is 0 Å². The Kier molecular flexibility index (Phi) is 6.27. The molecule has 4 heteroatoms. The molecule has 0 radical (unpaired) electrons. The van der Waals surface area contributed by atoms with Crippen LogP contribution in [0.3, 0.4) is 0 Å². The van der Waals surface area contributed by atoms with Crippen molar-refractivity contribution in [2.24, 2.45) is 11.8 Å². The van der Waals surface area contributed by atoms with E-state index in [-0.39, 0.29) is 12.2 Å².